The number of anilines is 1. The topological polar surface area (TPSA) is 89.8 Å². The predicted octanol–water partition coefficient (Wildman–Crippen LogP) is 1.71. The first-order chi connectivity index (χ1) is 9.15. The minimum absolute atomic E-state index is 0.157. The van der Waals surface area contributed by atoms with E-state index in [-0.39, 0.29) is 11.6 Å². The van der Waals surface area contributed by atoms with Gasteiger partial charge in [0.05, 0.1) is 5.69 Å². The number of hydrogen-bond acceptors (Lipinski definition) is 4. The first kappa shape index (κ1) is 11.3. The number of aryl methyl sites for hydroxylation is 1. The third kappa shape index (κ3) is 1.93. The van der Waals surface area contributed by atoms with Gasteiger partial charge in [0.2, 0.25) is 5.88 Å². The van der Waals surface area contributed by atoms with Crippen LogP contribution >= 0.6 is 0 Å². The Balaban J connectivity index is 2.02. The van der Waals surface area contributed by atoms with E-state index in [9.17, 15) is 4.79 Å². The average Bonchev–Trinajstić information content (AvgIpc) is 2.97. The van der Waals surface area contributed by atoms with E-state index in [4.69, 9.17) is 10.3 Å². The highest BCUT2D eigenvalue weighted by Gasteiger charge is 2.07. The molecule has 19 heavy (non-hydrogen) atoms. The number of nitrogens with zero attached hydrogens (tertiary/aromatic N) is 2. The lowest BCUT2D eigenvalue weighted by Crippen LogP contribution is -2.15. The van der Waals surface area contributed by atoms with Crippen molar-refractivity contribution in [1.29, 1.82) is 0 Å². The van der Waals surface area contributed by atoms with Crippen molar-refractivity contribution in [2.75, 3.05) is 5.73 Å². The Kier molecular flexibility index (Phi) is 2.49. The summed E-state index contributed by atoms with van der Waals surface area (Å²) in [6.45, 7) is 1.87. The molecule has 96 valence electrons. The number of aromatic nitrogens is 3. The average molecular weight is 256 g/mol. The zero-order valence-electron chi connectivity index (χ0n) is 10.3. The number of benzene rings is 1. The fraction of sp³-hybridized carbons (Fsp3) is 0.0769. The van der Waals surface area contributed by atoms with Gasteiger partial charge in [-0.3, -0.25) is 4.57 Å². The van der Waals surface area contributed by atoms with Crippen molar-refractivity contribution in [1.82, 2.24) is 14.7 Å². The highest BCUT2D eigenvalue weighted by Crippen LogP contribution is 2.21. The monoisotopic (exact) mass is 256 g/mol. The van der Waals surface area contributed by atoms with Crippen LogP contribution in [-0.2, 0) is 0 Å². The first-order valence-electron chi connectivity index (χ1n) is 5.75. The summed E-state index contributed by atoms with van der Waals surface area (Å²) in [6.07, 6.45) is 1.68. The fourth-order valence-corrected chi connectivity index (χ4v) is 1.98. The van der Waals surface area contributed by atoms with E-state index in [1.807, 2.05) is 31.2 Å². The van der Waals surface area contributed by atoms with Gasteiger partial charge in [-0.05, 0) is 19.1 Å². The third-order valence-electron chi connectivity index (χ3n) is 2.91. The molecule has 3 rings (SSSR count). The minimum atomic E-state index is -0.157. The summed E-state index contributed by atoms with van der Waals surface area (Å²) in [5, 5.41) is 3.84. The van der Waals surface area contributed by atoms with Crippen LogP contribution < -0.4 is 11.4 Å². The third-order valence-corrected chi connectivity index (χ3v) is 2.91. The van der Waals surface area contributed by atoms with Crippen molar-refractivity contribution in [2.24, 2.45) is 0 Å². The van der Waals surface area contributed by atoms with E-state index < -0.39 is 0 Å². The summed E-state index contributed by atoms with van der Waals surface area (Å²) in [5.41, 5.74) is 8.52. The van der Waals surface area contributed by atoms with Gasteiger partial charge in [-0.25, -0.2) is 4.79 Å². The molecule has 0 aliphatic heterocycles. The number of imidazole rings is 1. The lowest BCUT2D eigenvalue weighted by atomic mass is 10.1. The van der Waals surface area contributed by atoms with E-state index in [0.29, 0.717) is 5.69 Å². The quantitative estimate of drug-likeness (QED) is 0.730. The SMILES string of the molecule is Cc1c[nH]c(=O)n1-c1ccc(-c2cc(N)on2)cc1. The van der Waals surface area contributed by atoms with Crippen LogP contribution in [0.4, 0.5) is 5.88 Å². The van der Waals surface area contributed by atoms with Gasteiger partial charge >= 0.3 is 5.69 Å². The lowest BCUT2D eigenvalue weighted by molar-refractivity contribution is 0.439. The van der Waals surface area contributed by atoms with Crippen molar-refractivity contribution in [3.63, 3.8) is 0 Å². The molecule has 0 amide bonds. The molecule has 0 spiro atoms. The number of rotatable bonds is 2. The highest BCUT2D eigenvalue weighted by atomic mass is 16.5. The number of nitrogens with one attached hydrogen (secondary N) is 1. The van der Waals surface area contributed by atoms with E-state index >= 15 is 0 Å². The Labute approximate surface area is 108 Å². The summed E-state index contributed by atoms with van der Waals surface area (Å²) in [5.74, 6) is 0.275. The molecule has 2 aromatic heterocycles. The van der Waals surface area contributed by atoms with E-state index in [2.05, 4.69) is 10.1 Å². The van der Waals surface area contributed by atoms with Crippen LogP contribution in [0.2, 0.25) is 0 Å². The second-order valence-electron chi connectivity index (χ2n) is 4.23. The van der Waals surface area contributed by atoms with Crippen LogP contribution in [0.5, 0.6) is 0 Å². The van der Waals surface area contributed by atoms with Gasteiger partial charge < -0.3 is 15.2 Å². The second-order valence-corrected chi connectivity index (χ2v) is 4.23. The molecule has 0 radical (unpaired) electrons. The number of aromatic amines is 1. The molecule has 2 heterocycles. The molecule has 0 unspecified atom stereocenters. The Bertz CT molecular complexity index is 765. The van der Waals surface area contributed by atoms with Crippen LogP contribution in [-0.4, -0.2) is 14.7 Å². The maximum Gasteiger partial charge on any atom is 0.330 e. The smallest absolute Gasteiger partial charge is 0.330 e. The molecule has 3 N–H and O–H groups in total. The van der Waals surface area contributed by atoms with E-state index in [1.165, 1.54) is 0 Å². The van der Waals surface area contributed by atoms with Crippen molar-refractivity contribution < 1.29 is 4.52 Å². The minimum Gasteiger partial charge on any atom is -0.368 e. The number of nitrogens with two attached hydrogens (primary N) is 1. The molecule has 0 aliphatic rings. The molecular formula is C13H12N4O2. The first-order valence-corrected chi connectivity index (χ1v) is 5.75. The van der Waals surface area contributed by atoms with E-state index in [0.717, 1.165) is 16.9 Å². The van der Waals surface area contributed by atoms with Crippen LogP contribution in [0.3, 0.4) is 0 Å². The summed E-state index contributed by atoms with van der Waals surface area (Å²) in [6, 6.07) is 9.09. The molecule has 6 heteroatoms. The zero-order valence-corrected chi connectivity index (χ0v) is 10.3. The largest absolute Gasteiger partial charge is 0.368 e. The highest BCUT2D eigenvalue weighted by molar-refractivity contribution is 5.62. The summed E-state index contributed by atoms with van der Waals surface area (Å²) in [7, 11) is 0. The molecule has 0 bridgehead atoms. The Morgan fingerprint density at radius 3 is 2.58 bits per heavy atom. The molecule has 0 saturated carbocycles. The maximum absolute atomic E-state index is 11.7. The summed E-state index contributed by atoms with van der Waals surface area (Å²) >= 11 is 0. The molecule has 0 fully saturated rings. The van der Waals surface area contributed by atoms with Gasteiger partial charge in [-0.2, -0.15) is 0 Å². The standard InChI is InChI=1S/C13H12N4O2/c1-8-7-15-13(18)17(8)10-4-2-9(3-5-10)11-6-12(14)19-16-11/h2-7H,14H2,1H3,(H,15,18). The Hall–Kier alpha value is -2.76. The van der Waals surface area contributed by atoms with Crippen molar-refractivity contribution >= 4 is 5.88 Å². The van der Waals surface area contributed by atoms with Gasteiger partial charge in [-0.1, -0.05) is 17.3 Å². The fourth-order valence-electron chi connectivity index (χ4n) is 1.98. The van der Waals surface area contributed by atoms with Gasteiger partial charge in [0, 0.05) is 23.5 Å². The van der Waals surface area contributed by atoms with Crippen LogP contribution in [0.15, 0.2) is 45.8 Å². The molecular weight excluding hydrogens is 244 g/mol. The maximum atomic E-state index is 11.7. The normalized spacial score (nSPS) is 10.8. The van der Waals surface area contributed by atoms with Crippen LogP contribution in [0.25, 0.3) is 16.9 Å². The van der Waals surface area contributed by atoms with Gasteiger partial charge in [0.1, 0.15) is 5.69 Å². The van der Waals surface area contributed by atoms with Gasteiger partial charge in [-0.15, -0.1) is 0 Å². The number of nitrogen functional groups attached to an aromatic ring is 1. The molecule has 0 atom stereocenters. The molecule has 0 aliphatic carbocycles. The van der Waals surface area contributed by atoms with Crippen molar-refractivity contribution in [3.8, 4) is 16.9 Å². The predicted molar refractivity (Wildman–Crippen MR) is 71.0 cm³/mol. The second kappa shape index (κ2) is 4.16. The van der Waals surface area contributed by atoms with Gasteiger partial charge in [0.15, 0.2) is 0 Å². The number of H-pyrrole nitrogens is 1. The molecule has 1 aromatic carbocycles. The summed E-state index contributed by atoms with van der Waals surface area (Å²) < 4.78 is 6.43. The molecule has 0 saturated heterocycles. The van der Waals surface area contributed by atoms with Crippen molar-refractivity contribution in [2.45, 2.75) is 6.92 Å². The van der Waals surface area contributed by atoms with Crippen LogP contribution in [0.1, 0.15) is 5.69 Å². The lowest BCUT2D eigenvalue weighted by Gasteiger charge is -2.04. The Morgan fingerprint density at radius 1 is 1.32 bits per heavy atom. The van der Waals surface area contributed by atoms with Crippen molar-refractivity contribution in [3.05, 3.63) is 52.7 Å². The number of hydrogen-bond donors (Lipinski definition) is 2. The van der Waals surface area contributed by atoms with E-state index in [1.54, 1.807) is 16.8 Å². The van der Waals surface area contributed by atoms with Gasteiger partial charge in [0.25, 0.3) is 0 Å². The molecule has 6 nitrogen and oxygen atoms in total. The zero-order chi connectivity index (χ0) is 13.4. The van der Waals surface area contributed by atoms with Crippen LogP contribution in [0, 0.1) is 6.92 Å². The Morgan fingerprint density at radius 2 is 2.05 bits per heavy atom. The summed E-state index contributed by atoms with van der Waals surface area (Å²) in [4.78, 5) is 14.3. The molecule has 3 aromatic rings.